The van der Waals surface area contributed by atoms with Crippen molar-refractivity contribution in [3.63, 3.8) is 0 Å². The molecular formula is C13H16N2O2S. The Hall–Kier alpha value is -1.62. The van der Waals surface area contributed by atoms with Gasteiger partial charge in [-0.25, -0.2) is 4.98 Å². The molecule has 2 N–H and O–H groups in total. The first-order chi connectivity index (χ1) is 8.46. The second-order valence-corrected chi connectivity index (χ2v) is 6.08. The number of H-pyrrole nitrogens is 1. The summed E-state index contributed by atoms with van der Waals surface area (Å²) in [6, 6.07) is 1.97. The number of carboxylic acids is 1. The van der Waals surface area contributed by atoms with Crippen LogP contribution in [0.3, 0.4) is 0 Å². The third-order valence-corrected chi connectivity index (χ3v) is 3.55. The predicted molar refractivity (Wildman–Crippen MR) is 71.6 cm³/mol. The average molecular weight is 264 g/mol. The Morgan fingerprint density at radius 3 is 2.94 bits per heavy atom. The van der Waals surface area contributed by atoms with E-state index in [-0.39, 0.29) is 11.8 Å². The molecule has 0 spiro atoms. The van der Waals surface area contributed by atoms with Crippen molar-refractivity contribution in [1.29, 1.82) is 0 Å². The molecule has 18 heavy (non-hydrogen) atoms. The van der Waals surface area contributed by atoms with Crippen LogP contribution in [0.2, 0.25) is 0 Å². The van der Waals surface area contributed by atoms with Gasteiger partial charge in [0.1, 0.15) is 0 Å². The number of nitrogens with zero attached hydrogens (tertiary/aromatic N) is 1. The number of aliphatic carboxylic acids is 1. The molecule has 0 atom stereocenters. The van der Waals surface area contributed by atoms with Crippen LogP contribution in [0.5, 0.6) is 0 Å². The Morgan fingerprint density at radius 2 is 2.33 bits per heavy atom. The van der Waals surface area contributed by atoms with Crippen molar-refractivity contribution in [2.75, 3.05) is 0 Å². The number of carbonyl (C=O) groups is 1. The molecule has 0 saturated carbocycles. The lowest BCUT2D eigenvalue weighted by atomic mass is 9.86. The fraction of sp³-hybridized carbons (Fsp3) is 0.385. The molecule has 5 heteroatoms. The van der Waals surface area contributed by atoms with E-state index in [4.69, 9.17) is 5.11 Å². The smallest absolute Gasteiger partial charge is 0.303 e. The summed E-state index contributed by atoms with van der Waals surface area (Å²) in [6.07, 6.45) is 4.62. The van der Waals surface area contributed by atoms with Crippen molar-refractivity contribution >= 4 is 17.3 Å². The van der Waals surface area contributed by atoms with Gasteiger partial charge in [-0.05, 0) is 11.5 Å². The van der Waals surface area contributed by atoms with Crippen molar-refractivity contribution in [2.24, 2.45) is 5.41 Å². The Labute approximate surface area is 110 Å². The van der Waals surface area contributed by atoms with Gasteiger partial charge in [0.05, 0.1) is 17.1 Å². The number of rotatable bonds is 5. The van der Waals surface area contributed by atoms with E-state index >= 15 is 0 Å². The quantitative estimate of drug-likeness (QED) is 0.871. The lowest BCUT2D eigenvalue weighted by Gasteiger charge is -2.20. The summed E-state index contributed by atoms with van der Waals surface area (Å²) >= 11 is 1.58. The zero-order valence-electron chi connectivity index (χ0n) is 10.4. The topological polar surface area (TPSA) is 66.0 Å². The highest BCUT2D eigenvalue weighted by molar-refractivity contribution is 7.09. The minimum Gasteiger partial charge on any atom is -0.481 e. The first kappa shape index (κ1) is 12.8. The van der Waals surface area contributed by atoms with Crippen LogP contribution in [0.1, 0.15) is 25.3 Å². The number of nitrogens with one attached hydrogen (secondary N) is 1. The van der Waals surface area contributed by atoms with E-state index in [1.165, 1.54) is 0 Å². The molecule has 0 saturated heterocycles. The maximum absolute atomic E-state index is 10.8. The van der Waals surface area contributed by atoms with Gasteiger partial charge in [-0.3, -0.25) is 4.79 Å². The second kappa shape index (κ2) is 4.94. The van der Waals surface area contributed by atoms with E-state index in [1.54, 1.807) is 11.3 Å². The molecule has 0 aliphatic carbocycles. The number of aromatic nitrogens is 2. The minimum absolute atomic E-state index is 0.159. The lowest BCUT2D eigenvalue weighted by molar-refractivity contribution is -0.139. The van der Waals surface area contributed by atoms with Crippen molar-refractivity contribution in [3.05, 3.63) is 28.8 Å². The monoisotopic (exact) mass is 264 g/mol. The van der Waals surface area contributed by atoms with Crippen LogP contribution in [0, 0.1) is 5.41 Å². The normalized spacial score (nSPS) is 11.7. The fourth-order valence-electron chi connectivity index (χ4n) is 1.89. The summed E-state index contributed by atoms with van der Waals surface area (Å²) in [4.78, 5) is 18.3. The summed E-state index contributed by atoms with van der Waals surface area (Å²) < 4.78 is 0. The van der Waals surface area contributed by atoms with Crippen molar-refractivity contribution in [3.8, 4) is 11.3 Å². The molecule has 2 rings (SSSR count). The Bertz CT molecular complexity index is 529. The van der Waals surface area contributed by atoms with Gasteiger partial charge in [-0.15, -0.1) is 11.3 Å². The summed E-state index contributed by atoms with van der Waals surface area (Å²) in [5.41, 5.74) is 1.75. The minimum atomic E-state index is -0.762. The lowest BCUT2D eigenvalue weighted by Crippen LogP contribution is -2.19. The van der Waals surface area contributed by atoms with Gasteiger partial charge < -0.3 is 10.1 Å². The van der Waals surface area contributed by atoms with Gasteiger partial charge in [0.25, 0.3) is 0 Å². The molecule has 0 unspecified atom stereocenters. The van der Waals surface area contributed by atoms with Gasteiger partial charge >= 0.3 is 5.97 Å². The number of aromatic amines is 1. The van der Waals surface area contributed by atoms with E-state index in [0.717, 1.165) is 16.3 Å². The maximum Gasteiger partial charge on any atom is 0.303 e. The Kier molecular flexibility index (Phi) is 3.52. The molecule has 0 aromatic carbocycles. The molecular weight excluding hydrogens is 248 g/mol. The number of hydrogen-bond acceptors (Lipinski definition) is 3. The number of thiazole rings is 1. The van der Waals surface area contributed by atoms with E-state index in [1.807, 2.05) is 37.7 Å². The van der Waals surface area contributed by atoms with Crippen LogP contribution in [-0.4, -0.2) is 21.0 Å². The van der Waals surface area contributed by atoms with Gasteiger partial charge in [0, 0.05) is 29.8 Å². The Morgan fingerprint density at radius 1 is 1.56 bits per heavy atom. The van der Waals surface area contributed by atoms with E-state index < -0.39 is 5.97 Å². The van der Waals surface area contributed by atoms with Crippen molar-refractivity contribution in [2.45, 2.75) is 26.7 Å². The molecule has 0 amide bonds. The largest absolute Gasteiger partial charge is 0.481 e. The zero-order valence-corrected chi connectivity index (χ0v) is 11.3. The molecule has 0 radical (unpaired) electrons. The first-order valence-corrected chi connectivity index (χ1v) is 6.64. The number of hydrogen-bond donors (Lipinski definition) is 2. The van der Waals surface area contributed by atoms with Gasteiger partial charge in [-0.2, -0.15) is 0 Å². The summed E-state index contributed by atoms with van der Waals surface area (Å²) in [5.74, 6) is -0.762. The van der Waals surface area contributed by atoms with Crippen LogP contribution < -0.4 is 0 Å². The highest BCUT2D eigenvalue weighted by Gasteiger charge is 2.23. The second-order valence-electron chi connectivity index (χ2n) is 5.14. The van der Waals surface area contributed by atoms with Crippen LogP contribution in [0.25, 0.3) is 11.3 Å². The third kappa shape index (κ3) is 3.20. The molecule has 2 heterocycles. The van der Waals surface area contributed by atoms with Crippen LogP contribution in [0.4, 0.5) is 0 Å². The highest BCUT2D eigenvalue weighted by atomic mass is 32.1. The number of carboxylic acid groups (broad SMARTS) is 1. The fourth-order valence-corrected chi connectivity index (χ4v) is 2.95. The van der Waals surface area contributed by atoms with E-state index in [9.17, 15) is 4.79 Å². The van der Waals surface area contributed by atoms with Crippen LogP contribution in [-0.2, 0) is 11.2 Å². The van der Waals surface area contributed by atoms with Gasteiger partial charge in [0.15, 0.2) is 0 Å². The van der Waals surface area contributed by atoms with E-state index in [0.29, 0.717) is 6.42 Å². The first-order valence-electron chi connectivity index (χ1n) is 5.76. The maximum atomic E-state index is 10.8. The highest BCUT2D eigenvalue weighted by Crippen LogP contribution is 2.29. The van der Waals surface area contributed by atoms with Crippen molar-refractivity contribution in [1.82, 2.24) is 9.97 Å². The molecule has 0 bridgehead atoms. The molecule has 0 aliphatic rings. The van der Waals surface area contributed by atoms with Gasteiger partial charge in [0.2, 0.25) is 0 Å². The summed E-state index contributed by atoms with van der Waals surface area (Å²) in [7, 11) is 0. The summed E-state index contributed by atoms with van der Waals surface area (Å²) in [5, 5.41) is 11.9. The van der Waals surface area contributed by atoms with Crippen LogP contribution >= 0.6 is 11.3 Å². The van der Waals surface area contributed by atoms with E-state index in [2.05, 4.69) is 9.97 Å². The van der Waals surface area contributed by atoms with Gasteiger partial charge in [-0.1, -0.05) is 13.8 Å². The molecule has 0 fully saturated rings. The zero-order chi connectivity index (χ0) is 13.2. The predicted octanol–water partition coefficient (Wildman–Crippen LogP) is 3.18. The van der Waals surface area contributed by atoms with Crippen molar-refractivity contribution < 1.29 is 9.90 Å². The molecule has 4 nitrogen and oxygen atoms in total. The average Bonchev–Trinajstić information content (AvgIpc) is 2.82. The summed E-state index contributed by atoms with van der Waals surface area (Å²) in [6.45, 7) is 3.91. The standard InChI is InChI=1S/C13H16N2O2S/c1-13(2,6-12(16)17)5-11-15-10(8-18-11)9-3-4-14-7-9/h3-4,7-8,14H,5-6H2,1-2H3,(H,16,17). The molecule has 96 valence electrons. The molecule has 2 aromatic heterocycles. The molecule has 0 aliphatic heterocycles. The SMILES string of the molecule is CC(C)(CC(=O)O)Cc1nc(-c2cc[nH]c2)cs1. The Balaban J connectivity index is 2.09. The van der Waals surface area contributed by atoms with Crippen LogP contribution in [0.15, 0.2) is 23.8 Å². The molecule has 2 aromatic rings. The third-order valence-electron chi connectivity index (χ3n) is 2.71.